The molecule has 0 aliphatic heterocycles. The van der Waals surface area contributed by atoms with Gasteiger partial charge in [0.15, 0.2) is 10.6 Å². The van der Waals surface area contributed by atoms with Crippen LogP contribution in [0.2, 0.25) is 10.0 Å². The van der Waals surface area contributed by atoms with Crippen molar-refractivity contribution in [2.75, 3.05) is 30.9 Å². The Kier molecular flexibility index (Phi) is 6.64. The number of hydrogen-bond acceptors (Lipinski definition) is 4. The summed E-state index contributed by atoms with van der Waals surface area (Å²) >= 11 is 24.2. The van der Waals surface area contributed by atoms with E-state index in [4.69, 9.17) is 50.9 Å². The Morgan fingerprint density at radius 3 is 2.24 bits per heavy atom. The van der Waals surface area contributed by atoms with Crippen LogP contribution in [0.4, 0.5) is 11.4 Å². The van der Waals surface area contributed by atoms with Gasteiger partial charge in [-0.15, -0.1) is 0 Å². The molecular weight excluding hydrogens is 456 g/mol. The molecule has 2 aromatic carbocycles. The fourth-order valence-corrected chi connectivity index (χ4v) is 3.70. The molecule has 1 aromatic heterocycles. The van der Waals surface area contributed by atoms with E-state index < -0.39 is 10.7 Å². The fraction of sp³-hybridized carbons (Fsp3) is 0.200. The van der Waals surface area contributed by atoms with Gasteiger partial charge in [-0.2, -0.15) is 0 Å². The van der Waals surface area contributed by atoms with Crippen LogP contribution < -0.4 is 9.80 Å². The summed E-state index contributed by atoms with van der Waals surface area (Å²) in [5.41, 5.74) is 3.31. The number of alkyl halides is 2. The third-order valence-electron chi connectivity index (χ3n) is 4.34. The number of rotatable bonds is 5. The standard InChI is InChI=1S/C20H17Cl4N3O2/c1-26(2)13-8-14(21)18(15(22)9-13)16-10-17(29-25-16)11-5-4-6-12(7-11)27(3)20(28)19(23)24/h4-10,19H,1-3H3. The lowest BCUT2D eigenvalue weighted by Gasteiger charge is -2.18. The molecule has 1 heterocycles. The topological polar surface area (TPSA) is 49.6 Å². The van der Waals surface area contributed by atoms with E-state index >= 15 is 0 Å². The lowest BCUT2D eigenvalue weighted by atomic mass is 10.1. The van der Waals surface area contributed by atoms with Crippen LogP contribution in [0, 0.1) is 0 Å². The summed E-state index contributed by atoms with van der Waals surface area (Å²) in [5, 5.41) is 5.05. The third kappa shape index (κ3) is 4.64. The minimum absolute atomic E-state index is 0.428. The number of aromatic nitrogens is 1. The summed E-state index contributed by atoms with van der Waals surface area (Å²) in [6.07, 6.45) is 0. The highest BCUT2D eigenvalue weighted by Gasteiger charge is 2.20. The van der Waals surface area contributed by atoms with E-state index in [1.807, 2.05) is 37.2 Å². The first-order valence-electron chi connectivity index (χ1n) is 8.48. The van der Waals surface area contributed by atoms with Crippen LogP contribution in [0.5, 0.6) is 0 Å². The smallest absolute Gasteiger partial charge is 0.260 e. The molecule has 0 aliphatic carbocycles. The maximum atomic E-state index is 12.0. The molecular formula is C20H17Cl4N3O2. The summed E-state index contributed by atoms with van der Waals surface area (Å²) in [5.74, 6) is 0.0723. The van der Waals surface area contributed by atoms with E-state index in [-0.39, 0.29) is 0 Å². The normalized spacial score (nSPS) is 11.0. The zero-order valence-corrected chi connectivity index (χ0v) is 18.8. The van der Waals surface area contributed by atoms with E-state index in [2.05, 4.69) is 5.16 Å². The molecule has 3 aromatic rings. The van der Waals surface area contributed by atoms with Crippen molar-refractivity contribution in [3.8, 4) is 22.6 Å². The van der Waals surface area contributed by atoms with Crippen molar-refractivity contribution in [1.29, 1.82) is 0 Å². The van der Waals surface area contributed by atoms with Crippen molar-refractivity contribution in [2.24, 2.45) is 0 Å². The zero-order valence-electron chi connectivity index (χ0n) is 15.8. The van der Waals surface area contributed by atoms with Crippen molar-refractivity contribution in [3.63, 3.8) is 0 Å². The van der Waals surface area contributed by atoms with Crippen LogP contribution in [0.3, 0.4) is 0 Å². The summed E-state index contributed by atoms with van der Waals surface area (Å²) in [4.78, 5) is 14.2. The van der Waals surface area contributed by atoms with Crippen molar-refractivity contribution >= 4 is 63.7 Å². The summed E-state index contributed by atoms with van der Waals surface area (Å²) in [6, 6.07) is 12.5. The highest BCUT2D eigenvalue weighted by Crippen LogP contribution is 2.39. The van der Waals surface area contributed by atoms with E-state index in [1.165, 1.54) is 4.90 Å². The van der Waals surface area contributed by atoms with Gasteiger partial charge in [0, 0.05) is 49.7 Å². The second kappa shape index (κ2) is 8.84. The van der Waals surface area contributed by atoms with Crippen LogP contribution in [-0.4, -0.2) is 37.0 Å². The highest BCUT2D eigenvalue weighted by atomic mass is 35.5. The molecule has 0 fully saturated rings. The van der Waals surface area contributed by atoms with Gasteiger partial charge in [0.25, 0.3) is 5.91 Å². The molecule has 152 valence electrons. The molecule has 1 amide bonds. The van der Waals surface area contributed by atoms with E-state index in [1.54, 1.807) is 31.3 Å². The molecule has 0 bridgehead atoms. The van der Waals surface area contributed by atoms with Gasteiger partial charge in [0.1, 0.15) is 5.69 Å². The summed E-state index contributed by atoms with van der Waals surface area (Å²) in [7, 11) is 5.40. The van der Waals surface area contributed by atoms with Crippen molar-refractivity contribution < 1.29 is 9.32 Å². The molecule has 0 radical (unpaired) electrons. The minimum Gasteiger partial charge on any atom is -0.378 e. The van der Waals surface area contributed by atoms with Crippen molar-refractivity contribution in [1.82, 2.24) is 5.16 Å². The first-order valence-corrected chi connectivity index (χ1v) is 10.1. The SMILES string of the molecule is CN(C)c1cc(Cl)c(-c2cc(-c3cccc(N(C)C(=O)C(Cl)Cl)c3)on2)c(Cl)c1. The Morgan fingerprint density at radius 2 is 1.66 bits per heavy atom. The van der Waals surface area contributed by atoms with Crippen LogP contribution in [0.25, 0.3) is 22.6 Å². The van der Waals surface area contributed by atoms with Gasteiger partial charge in [0.05, 0.1) is 10.0 Å². The van der Waals surface area contributed by atoms with Crippen LogP contribution in [0.15, 0.2) is 47.0 Å². The Morgan fingerprint density at radius 1 is 1.00 bits per heavy atom. The monoisotopic (exact) mass is 471 g/mol. The van der Waals surface area contributed by atoms with E-state index in [0.29, 0.717) is 32.8 Å². The number of anilines is 2. The van der Waals surface area contributed by atoms with Crippen LogP contribution in [-0.2, 0) is 4.79 Å². The molecule has 0 aliphatic rings. The molecule has 3 rings (SSSR count). The van der Waals surface area contributed by atoms with Crippen molar-refractivity contribution in [3.05, 3.63) is 52.5 Å². The number of nitrogens with zero attached hydrogens (tertiary/aromatic N) is 3. The molecule has 5 nitrogen and oxygen atoms in total. The Bertz CT molecular complexity index is 1030. The molecule has 0 atom stereocenters. The number of carbonyl (C=O) groups is 1. The van der Waals surface area contributed by atoms with Crippen LogP contribution in [0.1, 0.15) is 0 Å². The predicted molar refractivity (Wildman–Crippen MR) is 121 cm³/mol. The summed E-state index contributed by atoms with van der Waals surface area (Å²) in [6.45, 7) is 0. The lowest BCUT2D eigenvalue weighted by Crippen LogP contribution is -2.30. The van der Waals surface area contributed by atoms with Gasteiger partial charge in [-0.3, -0.25) is 4.79 Å². The average Bonchev–Trinajstić information content (AvgIpc) is 3.15. The molecule has 0 saturated carbocycles. The molecule has 0 saturated heterocycles. The number of benzene rings is 2. The van der Waals surface area contributed by atoms with Gasteiger partial charge >= 0.3 is 0 Å². The third-order valence-corrected chi connectivity index (χ3v) is 5.31. The Hall–Kier alpha value is -1.92. The zero-order chi connectivity index (χ0) is 21.3. The van der Waals surface area contributed by atoms with E-state index in [9.17, 15) is 4.79 Å². The average molecular weight is 473 g/mol. The maximum absolute atomic E-state index is 12.0. The number of halogens is 4. The van der Waals surface area contributed by atoms with Gasteiger partial charge in [-0.25, -0.2) is 0 Å². The quantitative estimate of drug-likeness (QED) is 0.418. The lowest BCUT2D eigenvalue weighted by molar-refractivity contribution is -0.116. The first-order chi connectivity index (χ1) is 13.7. The largest absolute Gasteiger partial charge is 0.378 e. The van der Waals surface area contributed by atoms with Gasteiger partial charge in [0.2, 0.25) is 0 Å². The predicted octanol–water partition coefficient (Wildman–Crippen LogP) is 6.15. The highest BCUT2D eigenvalue weighted by molar-refractivity contribution is 6.54. The Balaban J connectivity index is 1.96. The number of hydrogen-bond donors (Lipinski definition) is 0. The Labute approximate surface area is 188 Å². The van der Waals surface area contributed by atoms with Crippen LogP contribution >= 0.6 is 46.4 Å². The van der Waals surface area contributed by atoms with Gasteiger partial charge in [-0.1, -0.05) is 63.7 Å². The molecule has 0 unspecified atom stereocenters. The maximum Gasteiger partial charge on any atom is 0.260 e. The second-order valence-electron chi connectivity index (χ2n) is 6.50. The summed E-state index contributed by atoms with van der Waals surface area (Å²) < 4.78 is 5.50. The molecule has 9 heteroatoms. The first kappa shape index (κ1) is 21.8. The van der Waals surface area contributed by atoms with Gasteiger partial charge in [-0.05, 0) is 24.3 Å². The minimum atomic E-state index is -1.14. The molecule has 0 spiro atoms. The van der Waals surface area contributed by atoms with Crippen molar-refractivity contribution in [2.45, 2.75) is 4.84 Å². The number of amides is 1. The van der Waals surface area contributed by atoms with E-state index in [0.717, 1.165) is 11.3 Å². The van der Waals surface area contributed by atoms with Gasteiger partial charge < -0.3 is 14.3 Å². The number of carbonyl (C=O) groups excluding carboxylic acids is 1. The second-order valence-corrected chi connectivity index (χ2v) is 8.41. The molecule has 0 N–H and O–H groups in total. The fourth-order valence-electron chi connectivity index (χ4n) is 2.73. The molecule has 29 heavy (non-hydrogen) atoms.